The molecule has 1 amide bonds. The van der Waals surface area contributed by atoms with Crippen molar-refractivity contribution in [2.75, 3.05) is 12.3 Å². The third-order valence-electron chi connectivity index (χ3n) is 4.02. The summed E-state index contributed by atoms with van der Waals surface area (Å²) in [6.07, 6.45) is 0.415. The van der Waals surface area contributed by atoms with Crippen molar-refractivity contribution >= 4 is 15.9 Å². The number of ether oxygens (including phenoxy) is 1. The number of sulfone groups is 1. The van der Waals surface area contributed by atoms with Crippen molar-refractivity contribution in [3.8, 4) is 0 Å². The Morgan fingerprint density at radius 1 is 1.30 bits per heavy atom. The number of hydrogen-bond donors (Lipinski definition) is 1. The van der Waals surface area contributed by atoms with E-state index in [4.69, 9.17) is 4.74 Å². The topological polar surface area (TPSA) is 72.5 Å². The lowest BCUT2D eigenvalue weighted by Crippen LogP contribution is -2.36. The minimum Gasteiger partial charge on any atom is -0.445 e. The highest BCUT2D eigenvalue weighted by molar-refractivity contribution is 7.92. The van der Waals surface area contributed by atoms with E-state index in [2.05, 4.69) is 5.32 Å². The number of alkyl carbamates (subject to hydrolysis) is 1. The second-order valence-corrected chi connectivity index (χ2v) is 7.73. The zero-order valence-electron chi connectivity index (χ0n) is 11.0. The molecular formula is C14H17NO4S. The number of nitrogens with one attached hydrogen (secondary N) is 1. The number of carbonyl (C=O) groups excluding carboxylic acids is 1. The van der Waals surface area contributed by atoms with Crippen LogP contribution >= 0.6 is 0 Å². The van der Waals surface area contributed by atoms with E-state index in [0.717, 1.165) is 12.0 Å². The maximum atomic E-state index is 11.8. The minimum atomic E-state index is -3.02. The highest BCUT2D eigenvalue weighted by atomic mass is 32.2. The van der Waals surface area contributed by atoms with Gasteiger partial charge in [0.05, 0.1) is 11.0 Å². The molecule has 1 aliphatic heterocycles. The molecule has 2 aliphatic rings. The summed E-state index contributed by atoms with van der Waals surface area (Å²) < 4.78 is 28.7. The Bertz CT molecular complexity index is 599. The molecule has 1 N–H and O–H groups in total. The summed E-state index contributed by atoms with van der Waals surface area (Å²) in [5.74, 6) is 0.852. The van der Waals surface area contributed by atoms with Crippen LogP contribution in [0.5, 0.6) is 0 Å². The monoisotopic (exact) mass is 295 g/mol. The predicted octanol–water partition coefficient (Wildman–Crippen LogP) is 1.35. The number of hydrogen-bond acceptors (Lipinski definition) is 4. The molecule has 0 aromatic heterocycles. The first-order valence-electron chi connectivity index (χ1n) is 6.72. The van der Waals surface area contributed by atoms with E-state index >= 15 is 0 Å². The lowest BCUT2D eigenvalue weighted by molar-refractivity contribution is 0.139. The largest absolute Gasteiger partial charge is 0.445 e. The van der Waals surface area contributed by atoms with Crippen molar-refractivity contribution in [3.05, 3.63) is 35.9 Å². The second kappa shape index (κ2) is 5.09. The summed E-state index contributed by atoms with van der Waals surface area (Å²) in [7, 11) is -3.02. The van der Waals surface area contributed by atoms with Gasteiger partial charge in [-0.05, 0) is 23.8 Å². The molecule has 1 saturated carbocycles. The van der Waals surface area contributed by atoms with Crippen LogP contribution in [-0.4, -0.2) is 32.1 Å². The van der Waals surface area contributed by atoms with Gasteiger partial charge in [0.25, 0.3) is 0 Å². The van der Waals surface area contributed by atoms with E-state index in [0.29, 0.717) is 5.92 Å². The molecule has 1 heterocycles. The maximum Gasteiger partial charge on any atom is 0.407 e. The standard InChI is InChI=1S/C14H17NO4S/c16-14(19-8-10-4-2-1-3-5-10)15-7-13-12-6-11(12)9-20(13,17)18/h1-5,11-13H,6-9H2,(H,15,16)/t11-,12?,13+/m0/s1. The van der Waals surface area contributed by atoms with Crippen molar-refractivity contribution in [2.24, 2.45) is 11.8 Å². The summed E-state index contributed by atoms with van der Waals surface area (Å²) in [6, 6.07) is 9.36. The fourth-order valence-corrected chi connectivity index (χ4v) is 5.27. The maximum absolute atomic E-state index is 11.8. The van der Waals surface area contributed by atoms with Crippen molar-refractivity contribution in [1.82, 2.24) is 5.32 Å². The van der Waals surface area contributed by atoms with Gasteiger partial charge in [0.1, 0.15) is 6.61 Å². The molecule has 1 saturated heterocycles. The van der Waals surface area contributed by atoms with Crippen molar-refractivity contribution in [1.29, 1.82) is 0 Å². The SMILES string of the molecule is O=C(NC[C@@H]1C2C[C@H]2CS1(=O)=O)OCc1ccccc1. The molecule has 3 atom stereocenters. The van der Waals surface area contributed by atoms with E-state index < -0.39 is 21.2 Å². The van der Waals surface area contributed by atoms with E-state index in [1.54, 1.807) is 0 Å². The lowest BCUT2D eigenvalue weighted by Gasteiger charge is -2.13. The number of fused-ring (bicyclic) bond motifs is 1. The quantitative estimate of drug-likeness (QED) is 0.910. The van der Waals surface area contributed by atoms with Gasteiger partial charge in [-0.25, -0.2) is 13.2 Å². The normalized spacial score (nSPS) is 29.5. The fraction of sp³-hybridized carbons (Fsp3) is 0.500. The van der Waals surface area contributed by atoms with Crippen molar-refractivity contribution in [2.45, 2.75) is 18.3 Å². The Morgan fingerprint density at radius 2 is 2.05 bits per heavy atom. The third-order valence-corrected chi connectivity index (χ3v) is 6.35. The number of rotatable bonds is 4. The average Bonchev–Trinajstić information content (AvgIpc) is 3.10. The summed E-state index contributed by atoms with van der Waals surface area (Å²) in [6.45, 7) is 0.354. The predicted molar refractivity (Wildman–Crippen MR) is 73.8 cm³/mol. The second-order valence-electron chi connectivity index (χ2n) is 5.47. The number of carbonyl (C=O) groups is 1. The first-order chi connectivity index (χ1) is 9.56. The summed E-state index contributed by atoms with van der Waals surface area (Å²) >= 11 is 0. The number of amides is 1. The summed E-state index contributed by atoms with van der Waals surface area (Å²) in [4.78, 5) is 11.6. The van der Waals surface area contributed by atoms with Crippen molar-refractivity contribution < 1.29 is 17.9 Å². The first-order valence-corrected chi connectivity index (χ1v) is 8.44. The van der Waals surface area contributed by atoms with Crippen LogP contribution in [0.4, 0.5) is 4.79 Å². The van der Waals surface area contributed by atoms with E-state index in [9.17, 15) is 13.2 Å². The van der Waals surface area contributed by atoms with Gasteiger partial charge in [0, 0.05) is 6.54 Å². The van der Waals surface area contributed by atoms with Crippen LogP contribution in [0.15, 0.2) is 30.3 Å². The molecule has 3 rings (SSSR count). The van der Waals surface area contributed by atoms with Crippen LogP contribution < -0.4 is 5.32 Å². The molecule has 1 unspecified atom stereocenters. The average molecular weight is 295 g/mol. The molecule has 5 nitrogen and oxygen atoms in total. The van der Waals surface area contributed by atoms with Crippen LogP contribution in [0.25, 0.3) is 0 Å². The Kier molecular flexibility index (Phi) is 3.41. The molecule has 6 heteroatoms. The van der Waals surface area contributed by atoms with Gasteiger partial charge < -0.3 is 10.1 Å². The minimum absolute atomic E-state index is 0.164. The highest BCUT2D eigenvalue weighted by Crippen LogP contribution is 2.50. The summed E-state index contributed by atoms with van der Waals surface area (Å²) in [5, 5.41) is 2.15. The van der Waals surface area contributed by atoms with Crippen LogP contribution in [0, 0.1) is 11.8 Å². The third kappa shape index (κ3) is 2.80. The van der Waals surface area contributed by atoms with Gasteiger partial charge in [0.15, 0.2) is 9.84 Å². The van der Waals surface area contributed by atoms with Gasteiger partial charge >= 0.3 is 6.09 Å². The number of benzene rings is 1. The smallest absolute Gasteiger partial charge is 0.407 e. The Balaban J connectivity index is 1.46. The zero-order chi connectivity index (χ0) is 14.2. The summed E-state index contributed by atoms with van der Waals surface area (Å²) in [5.41, 5.74) is 0.901. The van der Waals surface area contributed by atoms with Crippen LogP contribution in [-0.2, 0) is 21.2 Å². The zero-order valence-corrected chi connectivity index (χ0v) is 11.8. The van der Waals surface area contributed by atoms with E-state index in [1.165, 1.54) is 0 Å². The van der Waals surface area contributed by atoms with Gasteiger partial charge in [-0.3, -0.25) is 0 Å². The molecule has 108 valence electrons. The van der Waals surface area contributed by atoms with Crippen LogP contribution in [0.1, 0.15) is 12.0 Å². The lowest BCUT2D eigenvalue weighted by atomic mass is 10.2. The Morgan fingerprint density at radius 3 is 2.70 bits per heavy atom. The van der Waals surface area contributed by atoms with E-state index in [-0.39, 0.29) is 24.8 Å². The van der Waals surface area contributed by atoms with Gasteiger partial charge in [-0.2, -0.15) is 0 Å². The fourth-order valence-electron chi connectivity index (χ4n) is 2.84. The van der Waals surface area contributed by atoms with Gasteiger partial charge in [0.2, 0.25) is 0 Å². The molecule has 0 radical (unpaired) electrons. The molecule has 20 heavy (non-hydrogen) atoms. The highest BCUT2D eigenvalue weighted by Gasteiger charge is 2.56. The van der Waals surface area contributed by atoms with Crippen molar-refractivity contribution in [3.63, 3.8) is 0 Å². The molecule has 0 spiro atoms. The molecule has 1 aromatic rings. The van der Waals surface area contributed by atoms with Crippen LogP contribution in [0.2, 0.25) is 0 Å². The molecule has 1 aromatic carbocycles. The van der Waals surface area contributed by atoms with Crippen LogP contribution in [0.3, 0.4) is 0 Å². The Labute approximate surface area is 118 Å². The molecular weight excluding hydrogens is 278 g/mol. The van der Waals surface area contributed by atoms with E-state index in [1.807, 2.05) is 30.3 Å². The molecule has 0 bridgehead atoms. The molecule has 2 fully saturated rings. The Hall–Kier alpha value is -1.56. The van der Waals surface area contributed by atoms with Gasteiger partial charge in [-0.15, -0.1) is 0 Å². The molecule has 1 aliphatic carbocycles. The van der Waals surface area contributed by atoms with Gasteiger partial charge in [-0.1, -0.05) is 30.3 Å². The first kappa shape index (κ1) is 13.4.